The van der Waals surface area contributed by atoms with Crippen LogP contribution < -0.4 is 10.1 Å². The molecule has 0 amide bonds. The number of unbranched alkanes of at least 4 members (excludes halogenated alkanes) is 5. The third-order valence-corrected chi connectivity index (χ3v) is 3.96. The normalized spacial score (nSPS) is 11.2. The van der Waals surface area contributed by atoms with Crippen LogP contribution in [-0.4, -0.2) is 12.6 Å². The van der Waals surface area contributed by atoms with Crippen LogP contribution in [0.3, 0.4) is 0 Å². The maximum absolute atomic E-state index is 6.25. The molecule has 0 unspecified atom stereocenters. The predicted molar refractivity (Wildman–Crippen MR) is 97.3 cm³/mol. The van der Waals surface area contributed by atoms with E-state index in [9.17, 15) is 0 Å². The summed E-state index contributed by atoms with van der Waals surface area (Å²) in [5, 5.41) is 4.69. The third-order valence-electron chi connectivity index (χ3n) is 3.46. The molecule has 0 heterocycles. The lowest BCUT2D eigenvalue weighted by molar-refractivity contribution is 0.239. The second-order valence-corrected chi connectivity index (χ2v) is 6.83. The largest absolute Gasteiger partial charge is 0.489 e. The summed E-state index contributed by atoms with van der Waals surface area (Å²) in [5.41, 5.74) is 1.03. The maximum atomic E-state index is 6.25. The van der Waals surface area contributed by atoms with Crippen molar-refractivity contribution in [2.75, 3.05) is 6.54 Å². The average Bonchev–Trinajstić information content (AvgIpc) is 2.45. The number of halogens is 2. The van der Waals surface area contributed by atoms with Crippen molar-refractivity contribution in [1.29, 1.82) is 0 Å². The van der Waals surface area contributed by atoms with Crippen LogP contribution in [0.5, 0.6) is 5.75 Å². The molecule has 2 nitrogen and oxygen atoms in total. The van der Waals surface area contributed by atoms with Crippen LogP contribution >= 0.6 is 23.2 Å². The Balaban J connectivity index is 2.41. The van der Waals surface area contributed by atoms with E-state index < -0.39 is 0 Å². The summed E-state index contributed by atoms with van der Waals surface area (Å²) in [6.07, 6.45) is 7.93. The Morgan fingerprint density at radius 3 is 2.41 bits per heavy atom. The van der Waals surface area contributed by atoms with E-state index in [0.29, 0.717) is 10.0 Å². The molecule has 0 bridgehead atoms. The van der Waals surface area contributed by atoms with E-state index in [2.05, 4.69) is 12.2 Å². The zero-order chi connectivity index (χ0) is 16.4. The highest BCUT2D eigenvalue weighted by molar-refractivity contribution is 6.35. The summed E-state index contributed by atoms with van der Waals surface area (Å²) in [6.45, 7) is 7.99. The number of hydrogen-bond donors (Lipinski definition) is 1. The zero-order valence-electron chi connectivity index (χ0n) is 14.1. The molecule has 0 aliphatic carbocycles. The molecule has 0 aromatic heterocycles. The SMILES string of the molecule is CCCCCCCCNCc1cc(Cl)cc(Cl)c1OC(C)C. The molecule has 0 aliphatic heterocycles. The van der Waals surface area contributed by atoms with Crippen LogP contribution in [0.25, 0.3) is 0 Å². The van der Waals surface area contributed by atoms with E-state index in [1.165, 1.54) is 38.5 Å². The smallest absolute Gasteiger partial charge is 0.142 e. The molecule has 1 aromatic carbocycles. The van der Waals surface area contributed by atoms with Gasteiger partial charge >= 0.3 is 0 Å². The molecule has 0 atom stereocenters. The molecule has 0 aliphatic rings. The van der Waals surface area contributed by atoms with Crippen molar-refractivity contribution in [2.45, 2.75) is 71.9 Å². The lowest BCUT2D eigenvalue weighted by atomic mass is 10.1. The van der Waals surface area contributed by atoms with Crippen molar-refractivity contribution in [3.05, 3.63) is 27.7 Å². The minimum absolute atomic E-state index is 0.0935. The summed E-state index contributed by atoms with van der Waals surface area (Å²) in [4.78, 5) is 0. The summed E-state index contributed by atoms with van der Waals surface area (Å²) in [7, 11) is 0. The van der Waals surface area contributed by atoms with Crippen molar-refractivity contribution in [3.63, 3.8) is 0 Å². The Kier molecular flexibility index (Phi) is 9.94. The first kappa shape index (κ1) is 19.6. The van der Waals surface area contributed by atoms with Crippen LogP contribution in [0.15, 0.2) is 12.1 Å². The Bertz CT molecular complexity index is 435. The van der Waals surface area contributed by atoms with Crippen LogP contribution in [0, 0.1) is 0 Å². The van der Waals surface area contributed by atoms with Crippen LogP contribution in [0.4, 0.5) is 0 Å². The fourth-order valence-electron chi connectivity index (χ4n) is 2.37. The van der Waals surface area contributed by atoms with Gasteiger partial charge in [-0.15, -0.1) is 0 Å². The summed E-state index contributed by atoms with van der Waals surface area (Å²) in [5.74, 6) is 0.747. The molecule has 1 N–H and O–H groups in total. The van der Waals surface area contributed by atoms with Gasteiger partial charge in [0.05, 0.1) is 11.1 Å². The van der Waals surface area contributed by atoms with E-state index in [0.717, 1.165) is 24.4 Å². The highest BCUT2D eigenvalue weighted by Crippen LogP contribution is 2.33. The van der Waals surface area contributed by atoms with Crippen LogP contribution in [0.2, 0.25) is 10.0 Å². The standard InChI is InChI=1S/C18H29Cl2NO/c1-4-5-6-7-8-9-10-21-13-15-11-16(19)12-17(20)18(15)22-14(2)3/h11-12,14,21H,4-10,13H2,1-3H3. The topological polar surface area (TPSA) is 21.3 Å². The molecular formula is C18H29Cl2NO. The lowest BCUT2D eigenvalue weighted by Gasteiger charge is -2.17. The van der Waals surface area contributed by atoms with Crippen LogP contribution in [-0.2, 0) is 6.54 Å². The molecule has 0 fully saturated rings. The fraction of sp³-hybridized carbons (Fsp3) is 0.667. The van der Waals surface area contributed by atoms with Gasteiger partial charge in [0, 0.05) is 17.1 Å². The van der Waals surface area contributed by atoms with Gasteiger partial charge in [-0.2, -0.15) is 0 Å². The second-order valence-electron chi connectivity index (χ2n) is 5.99. The van der Waals surface area contributed by atoms with Gasteiger partial charge < -0.3 is 10.1 Å². The molecule has 0 radical (unpaired) electrons. The van der Waals surface area contributed by atoms with E-state index in [-0.39, 0.29) is 6.10 Å². The van der Waals surface area contributed by atoms with E-state index in [1.54, 1.807) is 6.07 Å². The average molecular weight is 346 g/mol. The molecule has 1 rings (SSSR count). The molecule has 126 valence electrons. The second kappa shape index (κ2) is 11.2. The van der Waals surface area contributed by atoms with Gasteiger partial charge in [-0.3, -0.25) is 0 Å². The van der Waals surface area contributed by atoms with Crippen molar-refractivity contribution >= 4 is 23.2 Å². The molecular weight excluding hydrogens is 317 g/mol. The van der Waals surface area contributed by atoms with Gasteiger partial charge in [0.25, 0.3) is 0 Å². The Morgan fingerprint density at radius 1 is 1.05 bits per heavy atom. The number of rotatable bonds is 11. The monoisotopic (exact) mass is 345 g/mol. The number of hydrogen-bond acceptors (Lipinski definition) is 2. The fourth-order valence-corrected chi connectivity index (χ4v) is 2.95. The number of benzene rings is 1. The Labute approximate surface area is 145 Å². The zero-order valence-corrected chi connectivity index (χ0v) is 15.6. The van der Waals surface area contributed by atoms with Gasteiger partial charge in [0.1, 0.15) is 5.75 Å². The maximum Gasteiger partial charge on any atom is 0.142 e. The van der Waals surface area contributed by atoms with Gasteiger partial charge in [-0.1, -0.05) is 62.2 Å². The van der Waals surface area contributed by atoms with Crippen molar-refractivity contribution in [1.82, 2.24) is 5.32 Å². The molecule has 0 saturated heterocycles. The molecule has 4 heteroatoms. The van der Waals surface area contributed by atoms with Crippen molar-refractivity contribution < 1.29 is 4.74 Å². The molecule has 0 saturated carbocycles. The van der Waals surface area contributed by atoms with Gasteiger partial charge in [-0.05, 0) is 38.9 Å². The molecule has 1 aromatic rings. The minimum Gasteiger partial charge on any atom is -0.489 e. The van der Waals surface area contributed by atoms with Gasteiger partial charge in [0.2, 0.25) is 0 Å². The van der Waals surface area contributed by atoms with Crippen molar-refractivity contribution in [2.24, 2.45) is 0 Å². The molecule has 0 spiro atoms. The summed E-state index contributed by atoms with van der Waals surface area (Å²) >= 11 is 12.4. The van der Waals surface area contributed by atoms with Crippen molar-refractivity contribution in [3.8, 4) is 5.75 Å². The highest BCUT2D eigenvalue weighted by Gasteiger charge is 2.12. The van der Waals surface area contributed by atoms with E-state index in [1.807, 2.05) is 19.9 Å². The lowest BCUT2D eigenvalue weighted by Crippen LogP contribution is -2.17. The molecule has 22 heavy (non-hydrogen) atoms. The highest BCUT2D eigenvalue weighted by atomic mass is 35.5. The summed E-state index contributed by atoms with van der Waals surface area (Å²) < 4.78 is 5.82. The van der Waals surface area contributed by atoms with Gasteiger partial charge in [0.15, 0.2) is 0 Å². The Hall–Kier alpha value is -0.440. The first-order chi connectivity index (χ1) is 10.5. The van der Waals surface area contributed by atoms with Gasteiger partial charge in [-0.25, -0.2) is 0 Å². The first-order valence-corrected chi connectivity index (χ1v) is 9.15. The number of ether oxygens (including phenoxy) is 1. The quantitative estimate of drug-likeness (QED) is 0.480. The summed E-state index contributed by atoms with van der Waals surface area (Å²) in [6, 6.07) is 3.66. The predicted octanol–water partition coefficient (Wildman–Crippen LogP) is 6.23. The van der Waals surface area contributed by atoms with E-state index >= 15 is 0 Å². The Morgan fingerprint density at radius 2 is 1.73 bits per heavy atom. The number of nitrogens with one attached hydrogen (secondary N) is 1. The van der Waals surface area contributed by atoms with E-state index in [4.69, 9.17) is 27.9 Å². The first-order valence-electron chi connectivity index (χ1n) is 8.39. The van der Waals surface area contributed by atoms with Crippen LogP contribution in [0.1, 0.15) is 64.9 Å². The minimum atomic E-state index is 0.0935. The third kappa shape index (κ3) is 7.71.